The van der Waals surface area contributed by atoms with Gasteiger partial charge in [0.2, 0.25) is 5.91 Å². The first-order valence-corrected chi connectivity index (χ1v) is 5.60. The van der Waals surface area contributed by atoms with Crippen LogP contribution in [0.5, 0.6) is 11.5 Å². The maximum absolute atomic E-state index is 11.5. The quantitative estimate of drug-likeness (QED) is 0.847. The molecule has 4 nitrogen and oxygen atoms in total. The Labute approximate surface area is 102 Å². The first-order chi connectivity index (χ1) is 8.12. The van der Waals surface area contributed by atoms with E-state index in [1.165, 1.54) is 0 Å². The zero-order valence-electron chi connectivity index (χ0n) is 10.8. The average molecular weight is 237 g/mol. The summed E-state index contributed by atoms with van der Waals surface area (Å²) in [5, 5.41) is 2.78. The molecule has 0 aliphatic carbocycles. The summed E-state index contributed by atoms with van der Waals surface area (Å²) in [6.45, 7) is 4.50. The Bertz CT molecular complexity index is 402. The van der Waals surface area contributed by atoms with Crippen molar-refractivity contribution in [2.45, 2.75) is 20.3 Å². The molecule has 1 aromatic carbocycles. The summed E-state index contributed by atoms with van der Waals surface area (Å²) >= 11 is 0. The summed E-state index contributed by atoms with van der Waals surface area (Å²) in [4.78, 5) is 11.5. The summed E-state index contributed by atoms with van der Waals surface area (Å²) in [6.07, 6.45) is 0.361. The molecule has 94 valence electrons. The van der Waals surface area contributed by atoms with E-state index in [9.17, 15) is 4.79 Å². The van der Waals surface area contributed by atoms with Crippen LogP contribution in [-0.4, -0.2) is 26.7 Å². The molecule has 0 heterocycles. The number of rotatable bonds is 5. The van der Waals surface area contributed by atoms with Crippen molar-refractivity contribution in [1.82, 2.24) is 5.32 Å². The van der Waals surface area contributed by atoms with Crippen molar-refractivity contribution in [3.63, 3.8) is 0 Å². The van der Waals surface area contributed by atoms with Crippen LogP contribution in [0.15, 0.2) is 12.1 Å². The van der Waals surface area contributed by atoms with Gasteiger partial charge in [0.1, 0.15) is 0 Å². The number of carbonyl (C=O) groups excluding carboxylic acids is 1. The molecule has 4 heteroatoms. The standard InChI is InChI=1S/C13H19NO3/c1-5-14-13(15)8-10-7-12(17-4)11(16-3)6-9(10)2/h6-7H,5,8H2,1-4H3,(H,14,15). The first kappa shape index (κ1) is 13.4. The third kappa shape index (κ3) is 3.37. The van der Waals surface area contributed by atoms with E-state index in [4.69, 9.17) is 9.47 Å². The molecule has 0 aliphatic heterocycles. The van der Waals surface area contributed by atoms with Gasteiger partial charge >= 0.3 is 0 Å². The average Bonchev–Trinajstić information content (AvgIpc) is 2.31. The smallest absolute Gasteiger partial charge is 0.224 e. The van der Waals surface area contributed by atoms with E-state index in [0.29, 0.717) is 24.5 Å². The van der Waals surface area contributed by atoms with E-state index in [-0.39, 0.29) is 5.91 Å². The van der Waals surface area contributed by atoms with Gasteiger partial charge in [-0.15, -0.1) is 0 Å². The number of amides is 1. The molecule has 1 rings (SSSR count). The van der Waals surface area contributed by atoms with Gasteiger partial charge in [-0.3, -0.25) is 4.79 Å². The highest BCUT2D eigenvalue weighted by Gasteiger charge is 2.11. The molecule has 0 fully saturated rings. The Morgan fingerprint density at radius 3 is 2.35 bits per heavy atom. The minimum atomic E-state index is 0.0165. The van der Waals surface area contributed by atoms with Crippen LogP contribution >= 0.6 is 0 Å². The number of aryl methyl sites for hydroxylation is 1. The van der Waals surface area contributed by atoms with E-state index in [1.807, 2.05) is 26.0 Å². The van der Waals surface area contributed by atoms with Gasteiger partial charge in [0, 0.05) is 6.54 Å². The van der Waals surface area contributed by atoms with Gasteiger partial charge in [-0.25, -0.2) is 0 Å². The van der Waals surface area contributed by atoms with Crippen LogP contribution < -0.4 is 14.8 Å². The molecular formula is C13H19NO3. The Morgan fingerprint density at radius 2 is 1.82 bits per heavy atom. The molecule has 0 saturated carbocycles. The molecule has 1 aromatic rings. The molecule has 0 saturated heterocycles. The largest absolute Gasteiger partial charge is 0.493 e. The lowest BCUT2D eigenvalue weighted by molar-refractivity contribution is -0.120. The van der Waals surface area contributed by atoms with Crippen LogP contribution in [0.3, 0.4) is 0 Å². The number of carbonyl (C=O) groups is 1. The molecule has 0 bridgehead atoms. The van der Waals surface area contributed by atoms with Gasteiger partial charge in [0.15, 0.2) is 11.5 Å². The molecule has 0 aliphatic rings. The topological polar surface area (TPSA) is 47.6 Å². The third-order valence-electron chi connectivity index (χ3n) is 2.57. The van der Waals surface area contributed by atoms with E-state index < -0.39 is 0 Å². The summed E-state index contributed by atoms with van der Waals surface area (Å²) in [5.41, 5.74) is 1.97. The van der Waals surface area contributed by atoms with E-state index in [1.54, 1.807) is 14.2 Å². The van der Waals surface area contributed by atoms with Crippen molar-refractivity contribution in [3.8, 4) is 11.5 Å². The first-order valence-electron chi connectivity index (χ1n) is 5.60. The molecule has 17 heavy (non-hydrogen) atoms. The van der Waals surface area contributed by atoms with Crippen LogP contribution in [0.25, 0.3) is 0 Å². The van der Waals surface area contributed by atoms with Crippen molar-refractivity contribution in [2.24, 2.45) is 0 Å². The summed E-state index contributed by atoms with van der Waals surface area (Å²) in [5.74, 6) is 1.35. The normalized spacial score (nSPS) is 9.88. The van der Waals surface area contributed by atoms with Crippen LogP contribution in [0.2, 0.25) is 0 Å². The lowest BCUT2D eigenvalue weighted by Gasteiger charge is -2.12. The highest BCUT2D eigenvalue weighted by Crippen LogP contribution is 2.30. The number of ether oxygens (including phenoxy) is 2. The van der Waals surface area contributed by atoms with Crippen LogP contribution in [0.1, 0.15) is 18.1 Å². The predicted octanol–water partition coefficient (Wildman–Crippen LogP) is 1.69. The Morgan fingerprint density at radius 1 is 1.24 bits per heavy atom. The number of benzene rings is 1. The second-order valence-corrected chi connectivity index (χ2v) is 3.76. The zero-order valence-corrected chi connectivity index (χ0v) is 10.8. The molecule has 1 amide bonds. The van der Waals surface area contributed by atoms with Crippen LogP contribution in [-0.2, 0) is 11.2 Å². The van der Waals surface area contributed by atoms with Crippen molar-refractivity contribution >= 4 is 5.91 Å². The number of hydrogen-bond donors (Lipinski definition) is 1. The fraction of sp³-hybridized carbons (Fsp3) is 0.462. The SMILES string of the molecule is CCNC(=O)Cc1cc(OC)c(OC)cc1C. The maximum atomic E-state index is 11.5. The number of hydrogen-bond acceptors (Lipinski definition) is 3. The third-order valence-corrected chi connectivity index (χ3v) is 2.57. The van der Waals surface area contributed by atoms with Gasteiger partial charge in [-0.05, 0) is 37.1 Å². The van der Waals surface area contributed by atoms with Crippen LogP contribution in [0.4, 0.5) is 0 Å². The highest BCUT2D eigenvalue weighted by atomic mass is 16.5. The lowest BCUT2D eigenvalue weighted by atomic mass is 10.0. The molecular weight excluding hydrogens is 218 g/mol. The Kier molecular flexibility index (Phi) is 4.82. The molecule has 0 unspecified atom stereocenters. The predicted molar refractivity (Wildman–Crippen MR) is 66.7 cm³/mol. The minimum absolute atomic E-state index is 0.0165. The van der Waals surface area contributed by atoms with Crippen molar-refractivity contribution in [3.05, 3.63) is 23.3 Å². The van der Waals surface area contributed by atoms with E-state index in [2.05, 4.69) is 5.32 Å². The van der Waals surface area contributed by atoms with Gasteiger partial charge in [0.05, 0.1) is 20.6 Å². The summed E-state index contributed by atoms with van der Waals surface area (Å²) in [6, 6.07) is 3.73. The monoisotopic (exact) mass is 237 g/mol. The number of likely N-dealkylation sites (N-methyl/N-ethyl adjacent to an activating group) is 1. The second kappa shape index (κ2) is 6.13. The van der Waals surface area contributed by atoms with Gasteiger partial charge in [-0.2, -0.15) is 0 Å². The highest BCUT2D eigenvalue weighted by molar-refractivity contribution is 5.79. The van der Waals surface area contributed by atoms with Crippen molar-refractivity contribution in [2.75, 3.05) is 20.8 Å². The number of methoxy groups -OCH3 is 2. The Hall–Kier alpha value is -1.71. The van der Waals surface area contributed by atoms with E-state index in [0.717, 1.165) is 11.1 Å². The fourth-order valence-electron chi connectivity index (χ4n) is 1.65. The lowest BCUT2D eigenvalue weighted by Crippen LogP contribution is -2.24. The van der Waals surface area contributed by atoms with Gasteiger partial charge in [-0.1, -0.05) is 0 Å². The fourth-order valence-corrected chi connectivity index (χ4v) is 1.65. The Balaban J connectivity index is 2.96. The molecule has 0 aromatic heterocycles. The van der Waals surface area contributed by atoms with Crippen molar-refractivity contribution in [1.29, 1.82) is 0 Å². The van der Waals surface area contributed by atoms with E-state index >= 15 is 0 Å². The zero-order chi connectivity index (χ0) is 12.8. The van der Waals surface area contributed by atoms with Crippen molar-refractivity contribution < 1.29 is 14.3 Å². The van der Waals surface area contributed by atoms with Gasteiger partial charge in [0.25, 0.3) is 0 Å². The summed E-state index contributed by atoms with van der Waals surface area (Å²) < 4.78 is 10.4. The second-order valence-electron chi connectivity index (χ2n) is 3.76. The molecule has 1 N–H and O–H groups in total. The summed E-state index contributed by atoms with van der Waals surface area (Å²) in [7, 11) is 3.18. The molecule has 0 atom stereocenters. The maximum Gasteiger partial charge on any atom is 0.224 e. The molecule has 0 spiro atoms. The minimum Gasteiger partial charge on any atom is -0.493 e. The molecule has 0 radical (unpaired) electrons. The van der Waals surface area contributed by atoms with Gasteiger partial charge < -0.3 is 14.8 Å². The number of nitrogens with one attached hydrogen (secondary N) is 1. The van der Waals surface area contributed by atoms with Crippen LogP contribution in [0, 0.1) is 6.92 Å².